The molecule has 1 unspecified atom stereocenters. The van der Waals surface area contributed by atoms with E-state index in [-0.39, 0.29) is 83.2 Å². The van der Waals surface area contributed by atoms with Gasteiger partial charge >= 0.3 is 0 Å². The molecule has 304 valence electrons. The number of amides is 3. The van der Waals surface area contributed by atoms with Crippen LogP contribution in [-0.2, 0) is 34.7 Å². The zero-order valence-electron chi connectivity index (χ0n) is 32.2. The third kappa shape index (κ3) is 7.46. The van der Waals surface area contributed by atoms with E-state index in [0.29, 0.717) is 42.6 Å². The first kappa shape index (κ1) is 39.8. The topological polar surface area (TPSA) is 159 Å². The van der Waals surface area contributed by atoms with Gasteiger partial charge in [0.05, 0.1) is 18.3 Å². The Labute approximate surface area is 343 Å². The minimum absolute atomic E-state index is 0.0439. The second kappa shape index (κ2) is 16.3. The Kier molecular flexibility index (Phi) is 11.0. The molecule has 59 heavy (non-hydrogen) atoms. The number of carbonyl (C=O) groups excluding carboxylic acids is 4. The Bertz CT molecular complexity index is 2500. The maximum absolute atomic E-state index is 16.3. The number of hydrogen-bond acceptors (Lipinski definition) is 9. The lowest BCUT2D eigenvalue weighted by Crippen LogP contribution is -2.52. The molecule has 1 fully saturated rings. The number of unbranched alkanes of at least 4 members (excludes halogenated alkanes) is 3. The van der Waals surface area contributed by atoms with Gasteiger partial charge in [-0.05, 0) is 54.7 Å². The van der Waals surface area contributed by atoms with E-state index in [9.17, 15) is 19.2 Å². The first-order valence-electron chi connectivity index (χ1n) is 19.6. The van der Waals surface area contributed by atoms with Crippen molar-refractivity contribution < 1.29 is 37.4 Å². The van der Waals surface area contributed by atoms with E-state index in [0.717, 1.165) is 29.5 Å². The van der Waals surface area contributed by atoms with Gasteiger partial charge in [0.15, 0.2) is 23.0 Å². The van der Waals surface area contributed by atoms with Crippen molar-refractivity contribution in [2.45, 2.75) is 76.1 Å². The van der Waals surface area contributed by atoms with Gasteiger partial charge in [0.1, 0.15) is 23.3 Å². The van der Waals surface area contributed by atoms with Crippen LogP contribution in [0, 0.1) is 11.6 Å². The van der Waals surface area contributed by atoms with Crippen molar-refractivity contribution in [3.63, 3.8) is 0 Å². The number of nitrogens with zero attached hydrogens (tertiary/aromatic N) is 4. The quantitative estimate of drug-likeness (QED) is 0.0688. The van der Waals surface area contributed by atoms with Crippen LogP contribution in [-0.4, -0.2) is 63.1 Å². The number of aromatic nitrogens is 3. The Hall–Kier alpha value is -5.99. The Balaban J connectivity index is 0.901. The molecule has 1 aromatic heterocycles. The molecular weight excluding hydrogens is 782 g/mol. The summed E-state index contributed by atoms with van der Waals surface area (Å²) >= 11 is 6.63. The number of halogens is 3. The lowest BCUT2D eigenvalue weighted by molar-refractivity contribution is -0.136. The fraction of sp³-hybridized carbons (Fsp3) is 0.318. The highest BCUT2D eigenvalue weighted by molar-refractivity contribution is 6.34. The third-order valence-corrected chi connectivity index (χ3v) is 11.8. The predicted octanol–water partition coefficient (Wildman–Crippen LogP) is 6.94. The van der Waals surface area contributed by atoms with Gasteiger partial charge in [-0.3, -0.25) is 29.2 Å². The summed E-state index contributed by atoms with van der Waals surface area (Å²) in [5.41, 5.74) is 9.13. The molecule has 15 heteroatoms. The van der Waals surface area contributed by atoms with Crippen LogP contribution >= 0.6 is 11.6 Å². The summed E-state index contributed by atoms with van der Waals surface area (Å²) in [7, 11) is 1.32. The molecule has 0 aliphatic carbocycles. The summed E-state index contributed by atoms with van der Waals surface area (Å²) in [6, 6.07) is 18.1. The Morgan fingerprint density at radius 2 is 1.83 bits per heavy atom. The minimum Gasteiger partial charge on any atom is -0.494 e. The standard InChI is InChI=1S/C44H41ClF2N6O6/c1-58-35-16-14-29(39(41(35)47)38-30-21-44(24-48,27-9-5-4-6-10-27)59-36(30)20-31(46)40(38)45)34(54)11-7-2-3-8-18-52-23-32(50-51-52)25-12-13-28-26(19-25)22-53(43(28)57)33-15-17-37(55)49-42(33)56/h4-6,9-10,12-14,16,19-20,23,33H,2-3,7-8,11,15,17-18,21-22,24,48H2,1H3,(H,49,55,56)/t33?,44-/m1/s1. The predicted molar refractivity (Wildman–Crippen MR) is 214 cm³/mol. The summed E-state index contributed by atoms with van der Waals surface area (Å²) in [6.07, 6.45) is 5.39. The van der Waals surface area contributed by atoms with E-state index in [2.05, 4.69) is 15.6 Å². The second-order valence-corrected chi connectivity index (χ2v) is 15.5. The van der Waals surface area contributed by atoms with Gasteiger partial charge in [0, 0.05) is 78.3 Å². The number of ketones is 1. The average Bonchev–Trinajstić information content (AvgIpc) is 3.96. The summed E-state index contributed by atoms with van der Waals surface area (Å²) in [5, 5.41) is 10.6. The third-order valence-electron chi connectivity index (χ3n) is 11.5. The van der Waals surface area contributed by atoms with Gasteiger partial charge in [-0.15, -0.1) is 5.10 Å². The van der Waals surface area contributed by atoms with Gasteiger partial charge in [0.2, 0.25) is 11.8 Å². The van der Waals surface area contributed by atoms with Crippen molar-refractivity contribution in [3.05, 3.63) is 117 Å². The van der Waals surface area contributed by atoms with Crippen molar-refractivity contribution in [1.82, 2.24) is 25.2 Å². The van der Waals surface area contributed by atoms with E-state index in [4.69, 9.17) is 26.8 Å². The van der Waals surface area contributed by atoms with E-state index >= 15 is 8.78 Å². The monoisotopic (exact) mass is 822 g/mol. The fourth-order valence-electron chi connectivity index (χ4n) is 8.35. The molecule has 3 amide bonds. The molecule has 8 rings (SSSR count). The van der Waals surface area contributed by atoms with Crippen molar-refractivity contribution in [3.8, 4) is 33.9 Å². The minimum atomic E-state index is -1.05. The number of aryl methyl sites for hydroxylation is 1. The van der Waals surface area contributed by atoms with Crippen LogP contribution in [0.5, 0.6) is 11.5 Å². The highest BCUT2D eigenvalue weighted by atomic mass is 35.5. The van der Waals surface area contributed by atoms with Crippen LogP contribution in [0.25, 0.3) is 22.4 Å². The van der Waals surface area contributed by atoms with E-state index < -0.39 is 29.2 Å². The van der Waals surface area contributed by atoms with E-state index in [1.807, 2.05) is 42.6 Å². The maximum atomic E-state index is 16.3. The molecule has 0 spiro atoms. The molecule has 12 nitrogen and oxygen atoms in total. The summed E-state index contributed by atoms with van der Waals surface area (Å²) < 4.78 is 45.2. The summed E-state index contributed by atoms with van der Waals surface area (Å²) in [6.45, 7) is 0.903. The number of imide groups is 1. The number of ether oxygens (including phenoxy) is 2. The summed E-state index contributed by atoms with van der Waals surface area (Å²) in [4.78, 5) is 52.4. The van der Waals surface area contributed by atoms with Gasteiger partial charge in [-0.25, -0.2) is 8.78 Å². The van der Waals surface area contributed by atoms with Gasteiger partial charge in [0.25, 0.3) is 5.91 Å². The summed E-state index contributed by atoms with van der Waals surface area (Å²) in [5.74, 6) is -2.93. The molecule has 2 atom stereocenters. The number of nitrogens with one attached hydrogen (secondary N) is 1. The van der Waals surface area contributed by atoms with Crippen LogP contribution < -0.4 is 20.5 Å². The zero-order chi connectivity index (χ0) is 41.4. The smallest absolute Gasteiger partial charge is 0.255 e. The lowest BCUT2D eigenvalue weighted by Gasteiger charge is -2.29. The highest BCUT2D eigenvalue weighted by Crippen LogP contribution is 2.50. The number of carbonyl (C=O) groups is 4. The fourth-order valence-corrected chi connectivity index (χ4v) is 8.61. The van der Waals surface area contributed by atoms with Crippen LogP contribution in [0.3, 0.4) is 0 Å². The molecule has 3 aliphatic rings. The Morgan fingerprint density at radius 3 is 2.59 bits per heavy atom. The Morgan fingerprint density at radius 1 is 1.03 bits per heavy atom. The molecule has 5 aromatic rings. The zero-order valence-corrected chi connectivity index (χ0v) is 33.0. The number of methoxy groups -OCH3 is 1. The lowest BCUT2D eigenvalue weighted by atomic mass is 9.84. The van der Waals surface area contributed by atoms with Crippen LogP contribution in [0.1, 0.15) is 82.4 Å². The molecule has 0 radical (unpaired) electrons. The number of hydrogen-bond donors (Lipinski definition) is 2. The molecule has 4 heterocycles. The number of rotatable bonds is 14. The van der Waals surface area contributed by atoms with E-state index in [1.165, 1.54) is 30.2 Å². The van der Waals surface area contributed by atoms with Crippen LogP contribution in [0.2, 0.25) is 5.02 Å². The van der Waals surface area contributed by atoms with Crippen LogP contribution in [0.15, 0.2) is 72.9 Å². The molecule has 3 aliphatic heterocycles. The largest absolute Gasteiger partial charge is 0.494 e. The molecular formula is C44H41ClF2N6O6. The van der Waals surface area contributed by atoms with Gasteiger partial charge in [-0.2, -0.15) is 0 Å². The number of Topliss-reactive ketones (excluding diaryl/α,β-unsaturated/α-hetero) is 1. The van der Waals surface area contributed by atoms with Crippen molar-refractivity contribution in [2.75, 3.05) is 13.7 Å². The molecule has 3 N–H and O–H groups in total. The van der Waals surface area contributed by atoms with Crippen molar-refractivity contribution in [2.24, 2.45) is 5.73 Å². The molecule has 4 aromatic carbocycles. The first-order valence-corrected chi connectivity index (χ1v) is 19.9. The second-order valence-electron chi connectivity index (χ2n) is 15.1. The molecule has 0 saturated carbocycles. The van der Waals surface area contributed by atoms with Crippen molar-refractivity contribution in [1.29, 1.82) is 0 Å². The molecule has 1 saturated heterocycles. The maximum Gasteiger partial charge on any atom is 0.255 e. The average molecular weight is 823 g/mol. The van der Waals surface area contributed by atoms with Gasteiger partial charge < -0.3 is 20.1 Å². The number of benzene rings is 4. The van der Waals surface area contributed by atoms with Crippen LogP contribution in [0.4, 0.5) is 8.78 Å². The normalized spacial score (nSPS) is 18.4. The number of piperidine rings is 1. The van der Waals surface area contributed by atoms with Gasteiger partial charge in [-0.1, -0.05) is 66.1 Å². The number of fused-ring (bicyclic) bond motifs is 2. The molecule has 0 bridgehead atoms. The van der Waals surface area contributed by atoms with E-state index in [1.54, 1.807) is 16.8 Å². The highest BCUT2D eigenvalue weighted by Gasteiger charge is 2.44. The first-order chi connectivity index (χ1) is 28.5. The SMILES string of the molecule is COc1ccc(C(=O)CCCCCCn2cc(-c3ccc4c(c3)CN(C3CCC(=O)NC3=O)C4=O)nn2)c(-c2c(Cl)c(F)cc3c2C[C@@](CN)(c2ccccc2)O3)c1F. The number of nitrogens with two attached hydrogens (primary N) is 1. The van der Waals surface area contributed by atoms with Crippen molar-refractivity contribution >= 4 is 35.1 Å².